The molecule has 2 aliphatic heterocycles. The van der Waals surface area contributed by atoms with Gasteiger partial charge < -0.3 is 14.5 Å². The number of rotatable bonds is 5. The Balaban J connectivity index is 1.31. The van der Waals surface area contributed by atoms with E-state index in [9.17, 15) is 13.2 Å². The van der Waals surface area contributed by atoms with Gasteiger partial charge in [-0.25, -0.2) is 8.42 Å². The van der Waals surface area contributed by atoms with E-state index in [0.717, 1.165) is 42.0 Å². The summed E-state index contributed by atoms with van der Waals surface area (Å²) >= 11 is 0. The van der Waals surface area contributed by atoms with E-state index in [0.29, 0.717) is 37.5 Å². The molecule has 0 aromatic heterocycles. The van der Waals surface area contributed by atoms with Crippen LogP contribution in [0.25, 0.3) is 0 Å². The van der Waals surface area contributed by atoms with Crippen molar-refractivity contribution in [2.75, 3.05) is 43.1 Å². The molecule has 0 spiro atoms. The number of carbonyl (C=O) groups excluding carboxylic acids is 1. The summed E-state index contributed by atoms with van der Waals surface area (Å²) in [6, 6.07) is 13.2. The molecule has 1 amide bonds. The minimum atomic E-state index is -3.59. The summed E-state index contributed by atoms with van der Waals surface area (Å²) in [6.07, 6.45) is 3.74. The van der Waals surface area contributed by atoms with Crippen LogP contribution < -0.4 is 14.5 Å². The van der Waals surface area contributed by atoms with E-state index in [2.05, 4.69) is 4.90 Å². The van der Waals surface area contributed by atoms with Crippen LogP contribution in [0.3, 0.4) is 0 Å². The first-order valence-electron chi connectivity index (χ1n) is 11.7. The van der Waals surface area contributed by atoms with Gasteiger partial charge in [0, 0.05) is 55.6 Å². The molecule has 0 radical (unpaired) electrons. The number of anilines is 2. The zero-order chi connectivity index (χ0) is 23.2. The maximum absolute atomic E-state index is 13.4. The van der Waals surface area contributed by atoms with Crippen LogP contribution in [0.15, 0.2) is 47.4 Å². The molecule has 1 atom stereocenters. The molecule has 2 heterocycles. The highest BCUT2D eigenvalue weighted by Crippen LogP contribution is 2.38. The van der Waals surface area contributed by atoms with Crippen molar-refractivity contribution in [3.05, 3.63) is 48.0 Å². The molecule has 3 aliphatic rings. The molecule has 2 aromatic rings. The number of amides is 1. The number of fused-ring (bicyclic) bond motifs is 1. The second kappa shape index (κ2) is 8.65. The smallest absolute Gasteiger partial charge is 0.243 e. The van der Waals surface area contributed by atoms with Crippen LogP contribution in [-0.4, -0.2) is 58.0 Å². The lowest BCUT2D eigenvalue weighted by Gasteiger charge is -2.35. The van der Waals surface area contributed by atoms with Crippen LogP contribution in [0.4, 0.5) is 11.4 Å². The first kappa shape index (κ1) is 22.2. The maximum atomic E-state index is 13.4. The SMILES string of the molecule is COc1cccc(N2CCN(S(=O)(=O)c3ccc4c(c3)C[C@@H](C)N4C(=O)C3CCC3)CC2)c1. The van der Waals surface area contributed by atoms with Crippen LogP contribution in [-0.2, 0) is 21.2 Å². The summed E-state index contributed by atoms with van der Waals surface area (Å²) in [5.41, 5.74) is 2.86. The minimum absolute atomic E-state index is 0.0671. The molecule has 0 N–H and O–H groups in total. The van der Waals surface area contributed by atoms with Gasteiger partial charge in [0.15, 0.2) is 0 Å². The molecular weight excluding hydrogens is 438 g/mol. The quantitative estimate of drug-likeness (QED) is 0.672. The van der Waals surface area contributed by atoms with Gasteiger partial charge in [0.05, 0.1) is 12.0 Å². The summed E-state index contributed by atoms with van der Waals surface area (Å²) < 4.78 is 33.7. The lowest BCUT2D eigenvalue weighted by Crippen LogP contribution is -2.48. The van der Waals surface area contributed by atoms with E-state index in [4.69, 9.17) is 4.74 Å². The molecule has 2 fully saturated rings. The van der Waals surface area contributed by atoms with Crippen molar-refractivity contribution < 1.29 is 17.9 Å². The Labute approximate surface area is 196 Å². The van der Waals surface area contributed by atoms with E-state index >= 15 is 0 Å². The lowest BCUT2D eigenvalue weighted by atomic mass is 9.84. The largest absolute Gasteiger partial charge is 0.497 e. The zero-order valence-electron chi connectivity index (χ0n) is 19.2. The summed E-state index contributed by atoms with van der Waals surface area (Å²) in [6.45, 7) is 4.15. The van der Waals surface area contributed by atoms with Gasteiger partial charge in [-0.1, -0.05) is 12.5 Å². The number of piperazine rings is 1. The van der Waals surface area contributed by atoms with E-state index in [1.807, 2.05) is 42.2 Å². The van der Waals surface area contributed by atoms with Crippen LogP contribution in [0.2, 0.25) is 0 Å². The van der Waals surface area contributed by atoms with Gasteiger partial charge >= 0.3 is 0 Å². The summed E-state index contributed by atoms with van der Waals surface area (Å²) in [5.74, 6) is 1.11. The molecule has 0 unspecified atom stereocenters. The van der Waals surface area contributed by atoms with Crippen LogP contribution in [0, 0.1) is 5.92 Å². The maximum Gasteiger partial charge on any atom is 0.243 e. The molecule has 1 aliphatic carbocycles. The fourth-order valence-corrected chi connectivity index (χ4v) is 6.57. The van der Waals surface area contributed by atoms with Crippen LogP contribution in [0.5, 0.6) is 5.75 Å². The van der Waals surface area contributed by atoms with Gasteiger partial charge in [-0.15, -0.1) is 0 Å². The molecule has 2 aromatic carbocycles. The molecule has 0 bridgehead atoms. The average molecular weight is 470 g/mol. The molecular formula is C25H31N3O4S. The van der Waals surface area contributed by atoms with Crippen molar-refractivity contribution in [1.82, 2.24) is 4.31 Å². The average Bonchev–Trinajstić information content (AvgIpc) is 3.13. The van der Waals surface area contributed by atoms with Gasteiger partial charge in [0.2, 0.25) is 15.9 Å². The summed E-state index contributed by atoms with van der Waals surface area (Å²) in [4.78, 5) is 17.3. The third-order valence-electron chi connectivity index (χ3n) is 7.25. The second-order valence-electron chi connectivity index (χ2n) is 9.27. The highest BCUT2D eigenvalue weighted by molar-refractivity contribution is 7.89. The molecule has 5 rings (SSSR count). The van der Waals surface area contributed by atoms with Crippen molar-refractivity contribution in [2.24, 2.45) is 5.92 Å². The van der Waals surface area contributed by atoms with E-state index in [1.54, 1.807) is 23.5 Å². The number of benzene rings is 2. The van der Waals surface area contributed by atoms with Crippen molar-refractivity contribution in [1.29, 1.82) is 0 Å². The number of hydrogen-bond donors (Lipinski definition) is 0. The Morgan fingerprint density at radius 1 is 1.03 bits per heavy atom. The molecule has 176 valence electrons. The zero-order valence-corrected chi connectivity index (χ0v) is 20.1. The Morgan fingerprint density at radius 2 is 1.79 bits per heavy atom. The molecule has 33 heavy (non-hydrogen) atoms. The number of hydrogen-bond acceptors (Lipinski definition) is 5. The Bertz CT molecular complexity index is 1150. The summed E-state index contributed by atoms with van der Waals surface area (Å²) in [5, 5.41) is 0. The second-order valence-corrected chi connectivity index (χ2v) is 11.2. The summed E-state index contributed by atoms with van der Waals surface area (Å²) in [7, 11) is -1.95. The first-order valence-corrected chi connectivity index (χ1v) is 13.2. The monoisotopic (exact) mass is 469 g/mol. The van der Waals surface area contributed by atoms with Gasteiger partial charge in [-0.2, -0.15) is 4.31 Å². The number of sulfonamides is 1. The van der Waals surface area contributed by atoms with Crippen molar-refractivity contribution in [3.63, 3.8) is 0 Å². The minimum Gasteiger partial charge on any atom is -0.497 e. The first-order chi connectivity index (χ1) is 15.9. The molecule has 1 saturated heterocycles. The normalized spacial score (nSPS) is 21.6. The predicted octanol–water partition coefficient (Wildman–Crippen LogP) is 3.28. The molecule has 7 nitrogen and oxygen atoms in total. The molecule has 1 saturated carbocycles. The van der Waals surface area contributed by atoms with Gasteiger partial charge in [-0.3, -0.25) is 4.79 Å². The fourth-order valence-electron chi connectivity index (χ4n) is 5.10. The van der Waals surface area contributed by atoms with E-state index in [1.165, 1.54) is 0 Å². The highest BCUT2D eigenvalue weighted by Gasteiger charge is 2.38. The third kappa shape index (κ3) is 3.99. The number of carbonyl (C=O) groups is 1. The topological polar surface area (TPSA) is 70.2 Å². The Kier molecular flexibility index (Phi) is 5.82. The van der Waals surface area contributed by atoms with E-state index in [-0.39, 0.29) is 17.9 Å². The van der Waals surface area contributed by atoms with Crippen LogP contribution >= 0.6 is 0 Å². The Hall–Kier alpha value is -2.58. The van der Waals surface area contributed by atoms with E-state index < -0.39 is 10.0 Å². The Morgan fingerprint density at radius 3 is 2.45 bits per heavy atom. The highest BCUT2D eigenvalue weighted by atomic mass is 32.2. The third-order valence-corrected chi connectivity index (χ3v) is 9.15. The van der Waals surface area contributed by atoms with Crippen LogP contribution in [0.1, 0.15) is 31.7 Å². The fraction of sp³-hybridized carbons (Fsp3) is 0.480. The lowest BCUT2D eigenvalue weighted by molar-refractivity contribution is -0.125. The number of ether oxygens (including phenoxy) is 1. The van der Waals surface area contributed by atoms with Gasteiger partial charge in [-0.05, 0) is 62.1 Å². The molecule has 8 heteroatoms. The van der Waals surface area contributed by atoms with Crippen molar-refractivity contribution >= 4 is 27.3 Å². The number of nitrogens with zero attached hydrogens (tertiary/aromatic N) is 3. The number of methoxy groups -OCH3 is 1. The predicted molar refractivity (Wildman–Crippen MR) is 128 cm³/mol. The van der Waals surface area contributed by atoms with Crippen molar-refractivity contribution in [3.8, 4) is 5.75 Å². The van der Waals surface area contributed by atoms with Gasteiger partial charge in [0.25, 0.3) is 0 Å². The van der Waals surface area contributed by atoms with Crippen molar-refractivity contribution in [2.45, 2.75) is 43.5 Å². The standard InChI is InChI=1S/C25H31N3O4S/c1-18-15-20-16-23(9-10-24(20)28(18)25(29)19-5-3-6-19)33(30,31)27-13-11-26(12-14-27)21-7-4-8-22(17-21)32-2/h4,7-10,16-19H,3,5-6,11-15H2,1-2H3/t18-/m1/s1. The van der Waals surface area contributed by atoms with Gasteiger partial charge in [0.1, 0.15) is 5.75 Å².